The second-order valence-corrected chi connectivity index (χ2v) is 4.63. The molecule has 1 rings (SSSR count). The van der Waals surface area contributed by atoms with Crippen molar-refractivity contribution in [2.24, 2.45) is 0 Å². The Bertz CT molecular complexity index is 315. The third-order valence-corrected chi connectivity index (χ3v) is 3.29. The van der Waals surface area contributed by atoms with E-state index in [4.69, 9.17) is 9.47 Å². The number of alkyl halides is 1. The second kappa shape index (κ2) is 6.51. The summed E-state index contributed by atoms with van der Waals surface area (Å²) in [5.41, 5.74) is 1.13. The molecule has 0 spiro atoms. The van der Waals surface area contributed by atoms with Gasteiger partial charge in [0.05, 0.1) is 10.6 Å². The number of halogens is 2. The van der Waals surface area contributed by atoms with Gasteiger partial charge in [-0.15, -0.1) is 0 Å². The first-order valence-electron chi connectivity index (χ1n) is 4.68. The van der Waals surface area contributed by atoms with E-state index in [1.807, 2.05) is 25.1 Å². The van der Waals surface area contributed by atoms with Crippen LogP contribution >= 0.6 is 31.9 Å². The molecule has 0 radical (unpaired) electrons. The fraction of sp³-hybridized carbons (Fsp3) is 0.455. The molecule has 1 unspecified atom stereocenters. The van der Waals surface area contributed by atoms with Crippen LogP contribution in [0.25, 0.3) is 0 Å². The monoisotopic (exact) mass is 336 g/mol. The normalized spacial score (nSPS) is 12.5. The molecule has 0 saturated heterocycles. The van der Waals surface area contributed by atoms with Gasteiger partial charge in [-0.05, 0) is 28.9 Å². The lowest BCUT2D eigenvalue weighted by Crippen LogP contribution is -2.16. The average molecular weight is 338 g/mol. The van der Waals surface area contributed by atoms with Crippen molar-refractivity contribution in [3.05, 3.63) is 28.2 Å². The highest BCUT2D eigenvalue weighted by Gasteiger charge is 2.08. The standard InChI is InChI=1S/C11H14Br2O2/c1-8(14-2)7-15-11-9(6-12)4-3-5-10(11)13/h3-5,8H,6-7H2,1-2H3. The molecule has 1 aromatic carbocycles. The van der Waals surface area contributed by atoms with Gasteiger partial charge in [-0.3, -0.25) is 0 Å². The Balaban J connectivity index is 2.74. The highest BCUT2D eigenvalue weighted by atomic mass is 79.9. The average Bonchev–Trinajstić information content (AvgIpc) is 2.26. The molecule has 1 atom stereocenters. The van der Waals surface area contributed by atoms with E-state index in [0.717, 1.165) is 21.1 Å². The smallest absolute Gasteiger partial charge is 0.137 e. The zero-order valence-electron chi connectivity index (χ0n) is 8.80. The van der Waals surface area contributed by atoms with Crippen LogP contribution in [-0.2, 0) is 10.1 Å². The van der Waals surface area contributed by atoms with Gasteiger partial charge in [0.1, 0.15) is 12.4 Å². The van der Waals surface area contributed by atoms with Crippen molar-refractivity contribution in [1.82, 2.24) is 0 Å². The Morgan fingerprint density at radius 3 is 2.73 bits per heavy atom. The van der Waals surface area contributed by atoms with E-state index in [1.165, 1.54) is 0 Å². The van der Waals surface area contributed by atoms with E-state index in [1.54, 1.807) is 7.11 Å². The molecule has 0 heterocycles. The van der Waals surface area contributed by atoms with Crippen molar-refractivity contribution in [1.29, 1.82) is 0 Å². The molecule has 4 heteroatoms. The van der Waals surface area contributed by atoms with Crippen LogP contribution in [0.3, 0.4) is 0 Å². The van der Waals surface area contributed by atoms with Gasteiger partial charge in [0.2, 0.25) is 0 Å². The van der Waals surface area contributed by atoms with Crippen molar-refractivity contribution in [3.8, 4) is 5.75 Å². The van der Waals surface area contributed by atoms with Crippen molar-refractivity contribution in [3.63, 3.8) is 0 Å². The molecule has 0 N–H and O–H groups in total. The molecule has 0 amide bonds. The van der Waals surface area contributed by atoms with E-state index in [9.17, 15) is 0 Å². The fourth-order valence-corrected chi connectivity index (χ4v) is 2.05. The van der Waals surface area contributed by atoms with Crippen LogP contribution in [0.2, 0.25) is 0 Å². The summed E-state index contributed by atoms with van der Waals surface area (Å²) in [7, 11) is 1.68. The minimum atomic E-state index is 0.0975. The van der Waals surface area contributed by atoms with Gasteiger partial charge in [-0.2, -0.15) is 0 Å². The largest absolute Gasteiger partial charge is 0.489 e. The summed E-state index contributed by atoms with van der Waals surface area (Å²) in [5.74, 6) is 0.887. The molecule has 0 fully saturated rings. The molecule has 0 bridgehead atoms. The van der Waals surface area contributed by atoms with E-state index < -0.39 is 0 Å². The van der Waals surface area contributed by atoms with Crippen LogP contribution in [-0.4, -0.2) is 19.8 Å². The maximum Gasteiger partial charge on any atom is 0.137 e. The summed E-state index contributed by atoms with van der Waals surface area (Å²) in [6.07, 6.45) is 0.0975. The molecule has 0 aliphatic rings. The van der Waals surface area contributed by atoms with Gasteiger partial charge in [0.15, 0.2) is 0 Å². The molecule has 2 nitrogen and oxygen atoms in total. The Labute approximate surface area is 107 Å². The number of para-hydroxylation sites is 1. The predicted molar refractivity (Wildman–Crippen MR) is 68.7 cm³/mol. The Hall–Kier alpha value is -0.0600. The molecule has 84 valence electrons. The Morgan fingerprint density at radius 1 is 1.40 bits per heavy atom. The van der Waals surface area contributed by atoms with Crippen LogP contribution in [0.5, 0.6) is 5.75 Å². The number of rotatable bonds is 5. The van der Waals surface area contributed by atoms with Gasteiger partial charge in [0, 0.05) is 18.0 Å². The summed E-state index contributed by atoms with van der Waals surface area (Å²) in [5, 5.41) is 0.781. The zero-order valence-corrected chi connectivity index (χ0v) is 12.0. The predicted octanol–water partition coefficient (Wildman–Crippen LogP) is 3.76. The molecule has 15 heavy (non-hydrogen) atoms. The molecule has 0 saturated carbocycles. The van der Waals surface area contributed by atoms with Crippen molar-refractivity contribution in [2.45, 2.75) is 18.4 Å². The molecule has 0 aliphatic heterocycles. The number of methoxy groups -OCH3 is 1. The molecule has 0 aliphatic carbocycles. The van der Waals surface area contributed by atoms with Gasteiger partial charge in [-0.25, -0.2) is 0 Å². The quantitative estimate of drug-likeness (QED) is 0.762. The van der Waals surface area contributed by atoms with Crippen LogP contribution in [0.15, 0.2) is 22.7 Å². The summed E-state index contributed by atoms with van der Waals surface area (Å²) in [4.78, 5) is 0. The van der Waals surface area contributed by atoms with Gasteiger partial charge in [-0.1, -0.05) is 28.1 Å². The highest BCUT2D eigenvalue weighted by molar-refractivity contribution is 9.10. The summed E-state index contributed by atoms with van der Waals surface area (Å²) < 4.78 is 11.8. The zero-order chi connectivity index (χ0) is 11.3. The van der Waals surface area contributed by atoms with Crippen LogP contribution in [0.1, 0.15) is 12.5 Å². The molecular formula is C11H14Br2O2. The molecule has 0 aromatic heterocycles. The molecule has 1 aromatic rings. The van der Waals surface area contributed by atoms with Crippen molar-refractivity contribution >= 4 is 31.9 Å². The summed E-state index contributed by atoms with van der Waals surface area (Å²) in [6.45, 7) is 2.53. The Kier molecular flexibility index (Phi) is 5.64. The summed E-state index contributed by atoms with van der Waals surface area (Å²) >= 11 is 6.91. The van der Waals surface area contributed by atoms with Crippen LogP contribution in [0, 0.1) is 0 Å². The van der Waals surface area contributed by atoms with Gasteiger partial charge in [0.25, 0.3) is 0 Å². The lowest BCUT2D eigenvalue weighted by atomic mass is 10.2. The number of benzene rings is 1. The lowest BCUT2D eigenvalue weighted by molar-refractivity contribution is 0.0711. The van der Waals surface area contributed by atoms with E-state index in [0.29, 0.717) is 6.61 Å². The number of hydrogen-bond donors (Lipinski definition) is 0. The number of hydrogen-bond acceptors (Lipinski definition) is 2. The highest BCUT2D eigenvalue weighted by Crippen LogP contribution is 2.30. The van der Waals surface area contributed by atoms with Gasteiger partial charge >= 0.3 is 0 Å². The maximum atomic E-state index is 5.71. The van der Waals surface area contributed by atoms with Crippen molar-refractivity contribution < 1.29 is 9.47 Å². The lowest BCUT2D eigenvalue weighted by Gasteiger charge is -2.15. The third kappa shape index (κ3) is 3.78. The van der Waals surface area contributed by atoms with E-state index in [-0.39, 0.29) is 6.10 Å². The topological polar surface area (TPSA) is 18.5 Å². The fourth-order valence-electron chi connectivity index (χ4n) is 1.09. The maximum absolute atomic E-state index is 5.71. The summed E-state index contributed by atoms with van der Waals surface area (Å²) in [6, 6.07) is 6.00. The third-order valence-electron chi connectivity index (χ3n) is 2.06. The minimum absolute atomic E-state index is 0.0975. The Morgan fingerprint density at radius 2 is 2.13 bits per heavy atom. The SMILES string of the molecule is COC(C)COc1c(Br)cccc1CBr. The first-order valence-corrected chi connectivity index (χ1v) is 6.59. The first-order chi connectivity index (χ1) is 7.19. The van der Waals surface area contributed by atoms with Crippen molar-refractivity contribution in [2.75, 3.05) is 13.7 Å². The number of ether oxygens (including phenoxy) is 2. The van der Waals surface area contributed by atoms with Gasteiger partial charge < -0.3 is 9.47 Å². The van der Waals surface area contributed by atoms with E-state index >= 15 is 0 Å². The molecular weight excluding hydrogens is 324 g/mol. The van der Waals surface area contributed by atoms with E-state index in [2.05, 4.69) is 31.9 Å². The minimum Gasteiger partial charge on any atom is -0.489 e. The van der Waals surface area contributed by atoms with Crippen LogP contribution < -0.4 is 4.74 Å². The first kappa shape index (κ1) is 13.0. The van der Waals surface area contributed by atoms with Crippen LogP contribution in [0.4, 0.5) is 0 Å². The second-order valence-electron chi connectivity index (χ2n) is 3.22.